The lowest BCUT2D eigenvalue weighted by molar-refractivity contribution is 0.472. The fourth-order valence-corrected chi connectivity index (χ4v) is 2.18. The fourth-order valence-electron chi connectivity index (χ4n) is 2.18. The smallest absolute Gasteiger partial charge is 0.0691 e. The Balaban J connectivity index is 2.05. The first-order valence-electron chi connectivity index (χ1n) is 5.17. The molecular formula is C11H12N2. The van der Waals surface area contributed by atoms with E-state index in [9.17, 15) is 0 Å². The molecule has 2 nitrogen and oxygen atoms in total. The van der Waals surface area contributed by atoms with Crippen LogP contribution in [0.2, 0.25) is 0 Å². The van der Waals surface area contributed by atoms with Gasteiger partial charge in [-0.1, -0.05) is 12.2 Å². The van der Waals surface area contributed by atoms with Gasteiger partial charge in [-0.3, -0.25) is 4.99 Å². The average molecular weight is 173 g/mol. The number of hydrogen-bond donors (Lipinski definition) is 0. The van der Waals surface area contributed by atoms with Gasteiger partial charge in [-0.2, -0.15) is 0 Å². The van der Waals surface area contributed by atoms with Crippen molar-refractivity contribution >= 4 is 6.21 Å². The van der Waals surface area contributed by atoms with Crippen LogP contribution in [0.5, 0.6) is 0 Å². The van der Waals surface area contributed by atoms with Crippen molar-refractivity contribution in [2.24, 2.45) is 10.9 Å². The van der Waals surface area contributed by atoms with Gasteiger partial charge in [-0.05, 0) is 18.9 Å². The van der Waals surface area contributed by atoms with Crippen LogP contribution in [0.1, 0.15) is 14.2 Å². The van der Waals surface area contributed by atoms with Crippen molar-refractivity contribution in [3.05, 3.63) is 36.3 Å². The summed E-state index contributed by atoms with van der Waals surface area (Å²) in [6, 6.07) is -0.628. The molecule has 0 spiro atoms. The van der Waals surface area contributed by atoms with Gasteiger partial charge in [0.15, 0.2) is 0 Å². The summed E-state index contributed by atoms with van der Waals surface area (Å²) >= 11 is 0. The van der Waals surface area contributed by atoms with Gasteiger partial charge in [0.25, 0.3) is 0 Å². The van der Waals surface area contributed by atoms with Crippen LogP contribution in [0, 0.1) is 5.92 Å². The summed E-state index contributed by atoms with van der Waals surface area (Å²) in [6.45, 7) is 0. The Morgan fingerprint density at radius 1 is 1.62 bits per heavy atom. The summed E-state index contributed by atoms with van der Waals surface area (Å²) < 4.78 is 8.29. The van der Waals surface area contributed by atoms with E-state index < -0.39 is 6.02 Å². The Bertz CT molecular complexity index is 381. The van der Waals surface area contributed by atoms with Gasteiger partial charge in [0.1, 0.15) is 0 Å². The number of fused-ring (bicyclic) bond motifs is 3. The van der Waals surface area contributed by atoms with E-state index in [2.05, 4.69) is 23.2 Å². The predicted molar refractivity (Wildman–Crippen MR) is 53.2 cm³/mol. The summed E-state index contributed by atoms with van der Waals surface area (Å²) in [4.78, 5) is 6.10. The Labute approximate surface area is 79.4 Å². The molecule has 0 N–H and O–H groups in total. The molecule has 0 aromatic rings. The van der Waals surface area contributed by atoms with Crippen molar-refractivity contribution < 1.29 is 1.37 Å². The molecule has 2 heterocycles. The van der Waals surface area contributed by atoms with Gasteiger partial charge < -0.3 is 4.90 Å². The summed E-state index contributed by atoms with van der Waals surface area (Å²) in [6.07, 6.45) is 13.7. The number of hydrogen-bond acceptors (Lipinski definition) is 2. The van der Waals surface area contributed by atoms with E-state index in [4.69, 9.17) is 1.37 Å². The van der Waals surface area contributed by atoms with E-state index in [-0.39, 0.29) is 0 Å². The highest BCUT2D eigenvalue weighted by Crippen LogP contribution is 2.38. The standard InChI is InChI=1S/C11H12N2/c1-2-4-11-9(3-1)7-10-8-12-5-6-13(10)11/h1-2,4-6,8-10H,3,7H2/i10D. The normalized spacial score (nSPS) is 41.2. The average Bonchev–Trinajstić information content (AvgIpc) is 2.49. The highest BCUT2D eigenvalue weighted by Gasteiger charge is 2.34. The lowest BCUT2D eigenvalue weighted by atomic mass is 9.96. The van der Waals surface area contributed by atoms with Gasteiger partial charge in [0, 0.05) is 30.2 Å². The first kappa shape index (κ1) is 6.19. The molecule has 2 atom stereocenters. The molecule has 1 aliphatic carbocycles. The molecule has 3 rings (SSSR count). The molecule has 0 bridgehead atoms. The van der Waals surface area contributed by atoms with Crippen molar-refractivity contribution in [1.29, 1.82) is 0 Å². The van der Waals surface area contributed by atoms with E-state index in [1.807, 2.05) is 11.1 Å². The summed E-state index contributed by atoms with van der Waals surface area (Å²) in [5.41, 5.74) is 1.27. The molecule has 0 radical (unpaired) electrons. The maximum atomic E-state index is 8.29. The van der Waals surface area contributed by atoms with Gasteiger partial charge in [0.2, 0.25) is 0 Å². The zero-order valence-electron chi connectivity index (χ0n) is 8.35. The monoisotopic (exact) mass is 173 g/mol. The SMILES string of the molecule is [2H]C12C=NC=CN1C1=CC=CCC1C2. The molecule has 3 aliphatic rings. The van der Waals surface area contributed by atoms with Crippen molar-refractivity contribution in [3.8, 4) is 0 Å². The molecule has 0 aromatic heterocycles. The molecular weight excluding hydrogens is 160 g/mol. The molecule has 0 saturated carbocycles. The zero-order chi connectivity index (χ0) is 9.60. The van der Waals surface area contributed by atoms with Crippen LogP contribution in [0.15, 0.2) is 41.3 Å². The van der Waals surface area contributed by atoms with E-state index in [1.165, 1.54) is 5.70 Å². The lowest BCUT2D eigenvalue weighted by Crippen LogP contribution is -2.25. The molecule has 0 aromatic carbocycles. The second-order valence-corrected chi connectivity index (χ2v) is 3.59. The predicted octanol–water partition coefficient (Wildman–Crippen LogP) is 2.08. The number of allylic oxidation sites excluding steroid dienone is 4. The second kappa shape index (κ2) is 2.59. The summed E-state index contributed by atoms with van der Waals surface area (Å²) in [5, 5.41) is 0. The molecule has 2 unspecified atom stereocenters. The number of aliphatic imine (C=N–C) groups is 1. The van der Waals surface area contributed by atoms with Gasteiger partial charge >= 0.3 is 0 Å². The van der Waals surface area contributed by atoms with Gasteiger partial charge in [-0.25, -0.2) is 0 Å². The van der Waals surface area contributed by atoms with Crippen LogP contribution < -0.4 is 0 Å². The largest absolute Gasteiger partial charge is 0.341 e. The molecule has 1 fully saturated rings. The Morgan fingerprint density at radius 2 is 2.62 bits per heavy atom. The Kier molecular flexibility index (Phi) is 1.23. The van der Waals surface area contributed by atoms with Gasteiger partial charge in [-0.15, -0.1) is 0 Å². The highest BCUT2D eigenvalue weighted by atomic mass is 15.2. The molecule has 0 amide bonds. The minimum absolute atomic E-state index is 0.506. The van der Waals surface area contributed by atoms with Crippen LogP contribution in [-0.4, -0.2) is 17.1 Å². The van der Waals surface area contributed by atoms with E-state index >= 15 is 0 Å². The topological polar surface area (TPSA) is 15.6 Å². The van der Waals surface area contributed by atoms with Crippen LogP contribution in [0.25, 0.3) is 0 Å². The number of rotatable bonds is 0. The summed E-state index contributed by atoms with van der Waals surface area (Å²) in [7, 11) is 0. The van der Waals surface area contributed by atoms with E-state index in [1.54, 1.807) is 12.4 Å². The molecule has 2 aliphatic heterocycles. The third-order valence-corrected chi connectivity index (χ3v) is 2.81. The zero-order valence-corrected chi connectivity index (χ0v) is 7.35. The van der Waals surface area contributed by atoms with Crippen LogP contribution in [0.3, 0.4) is 0 Å². The highest BCUT2D eigenvalue weighted by molar-refractivity contribution is 5.68. The molecule has 1 saturated heterocycles. The minimum atomic E-state index is -0.628. The van der Waals surface area contributed by atoms with Gasteiger partial charge in [0.05, 0.1) is 7.39 Å². The minimum Gasteiger partial charge on any atom is -0.341 e. The summed E-state index contributed by atoms with van der Waals surface area (Å²) in [5.74, 6) is 0.506. The Morgan fingerprint density at radius 3 is 3.62 bits per heavy atom. The second-order valence-electron chi connectivity index (χ2n) is 3.59. The first-order chi connectivity index (χ1) is 6.80. The van der Waals surface area contributed by atoms with Crippen LogP contribution in [-0.2, 0) is 0 Å². The molecule has 66 valence electrons. The third-order valence-electron chi connectivity index (χ3n) is 2.81. The van der Waals surface area contributed by atoms with Crippen molar-refractivity contribution in [1.82, 2.24) is 4.90 Å². The number of nitrogens with zero attached hydrogens (tertiary/aromatic N) is 2. The quantitative estimate of drug-likeness (QED) is 0.547. The van der Waals surface area contributed by atoms with Crippen LogP contribution >= 0.6 is 0 Å². The maximum Gasteiger partial charge on any atom is 0.0691 e. The maximum absolute atomic E-state index is 8.29. The molecule has 2 heteroatoms. The first-order valence-corrected chi connectivity index (χ1v) is 4.67. The molecule has 13 heavy (non-hydrogen) atoms. The third kappa shape index (κ3) is 0.981. The lowest BCUT2D eigenvalue weighted by Gasteiger charge is -2.23. The fraction of sp³-hybridized carbons (Fsp3) is 0.364. The van der Waals surface area contributed by atoms with Crippen molar-refractivity contribution in [2.75, 3.05) is 0 Å². The van der Waals surface area contributed by atoms with Crippen LogP contribution in [0.4, 0.5) is 0 Å². The van der Waals surface area contributed by atoms with E-state index in [0.717, 1.165) is 12.8 Å². The van der Waals surface area contributed by atoms with E-state index in [0.29, 0.717) is 5.92 Å². The Hall–Kier alpha value is -1.31. The van der Waals surface area contributed by atoms with Crippen molar-refractivity contribution in [2.45, 2.75) is 18.9 Å². The van der Waals surface area contributed by atoms with Crippen molar-refractivity contribution in [3.63, 3.8) is 0 Å².